The monoisotopic (exact) mass is 385 g/mol. The first-order valence-corrected chi connectivity index (χ1v) is 9.31. The molecule has 1 aliphatic rings. The van der Waals surface area contributed by atoms with Crippen molar-refractivity contribution in [1.82, 2.24) is 10.2 Å². The number of nitrogens with one attached hydrogen (secondary N) is 1. The molecule has 1 aliphatic heterocycles. The van der Waals surface area contributed by atoms with E-state index in [9.17, 15) is 19.1 Å². The van der Waals surface area contributed by atoms with Crippen LogP contribution in [0.4, 0.5) is 10.1 Å². The molecule has 0 saturated carbocycles. The van der Waals surface area contributed by atoms with Gasteiger partial charge in [-0.05, 0) is 42.8 Å². The molecule has 6 nitrogen and oxygen atoms in total. The number of hydrogen-bond acceptors (Lipinski definition) is 4. The van der Waals surface area contributed by atoms with E-state index in [0.29, 0.717) is 31.7 Å². The first-order chi connectivity index (χ1) is 13.5. The number of aromatic hydroxyl groups is 1. The first kappa shape index (κ1) is 19.7. The predicted octanol–water partition coefficient (Wildman–Crippen LogP) is 2.31. The average Bonchev–Trinajstić information content (AvgIpc) is 2.70. The van der Waals surface area contributed by atoms with E-state index in [1.54, 1.807) is 42.2 Å². The highest BCUT2D eigenvalue weighted by atomic mass is 19.1. The van der Waals surface area contributed by atoms with Gasteiger partial charge >= 0.3 is 0 Å². The summed E-state index contributed by atoms with van der Waals surface area (Å²) < 4.78 is 13.0. The highest BCUT2D eigenvalue weighted by molar-refractivity contribution is 5.97. The number of anilines is 1. The van der Waals surface area contributed by atoms with Gasteiger partial charge in [0.05, 0.1) is 5.56 Å². The Hall–Kier alpha value is -3.09. The number of phenols is 1. The van der Waals surface area contributed by atoms with Crippen molar-refractivity contribution in [2.75, 3.05) is 37.6 Å². The number of para-hydroxylation sites is 1. The van der Waals surface area contributed by atoms with Crippen molar-refractivity contribution < 1.29 is 19.1 Å². The summed E-state index contributed by atoms with van der Waals surface area (Å²) in [6.45, 7) is 4.47. The topological polar surface area (TPSA) is 72.9 Å². The number of halogens is 1. The Morgan fingerprint density at radius 2 is 1.75 bits per heavy atom. The van der Waals surface area contributed by atoms with E-state index >= 15 is 0 Å². The van der Waals surface area contributed by atoms with Crippen molar-refractivity contribution in [3.05, 3.63) is 59.4 Å². The third-order valence-corrected chi connectivity index (χ3v) is 4.93. The highest BCUT2D eigenvalue weighted by Crippen LogP contribution is 2.21. The van der Waals surface area contributed by atoms with Crippen LogP contribution < -0.4 is 10.2 Å². The molecule has 0 bridgehead atoms. The molecule has 1 heterocycles. The lowest BCUT2D eigenvalue weighted by Gasteiger charge is -2.36. The zero-order valence-electron chi connectivity index (χ0n) is 15.8. The Morgan fingerprint density at radius 3 is 2.43 bits per heavy atom. The van der Waals surface area contributed by atoms with Gasteiger partial charge in [-0.3, -0.25) is 9.59 Å². The summed E-state index contributed by atoms with van der Waals surface area (Å²) in [7, 11) is 0. The Bertz CT molecular complexity index is 846. The predicted molar refractivity (Wildman–Crippen MR) is 105 cm³/mol. The van der Waals surface area contributed by atoms with Gasteiger partial charge in [-0.1, -0.05) is 12.1 Å². The van der Waals surface area contributed by atoms with Gasteiger partial charge < -0.3 is 20.2 Å². The van der Waals surface area contributed by atoms with E-state index in [1.165, 1.54) is 12.1 Å². The molecule has 28 heavy (non-hydrogen) atoms. The number of carbonyl (C=O) groups is 2. The Morgan fingerprint density at radius 1 is 1.07 bits per heavy atom. The van der Waals surface area contributed by atoms with Crippen molar-refractivity contribution >= 4 is 17.5 Å². The molecule has 2 aromatic rings. The summed E-state index contributed by atoms with van der Waals surface area (Å²) in [4.78, 5) is 28.4. The van der Waals surface area contributed by atoms with Crippen LogP contribution in [0.15, 0.2) is 42.5 Å². The van der Waals surface area contributed by atoms with E-state index in [0.717, 1.165) is 5.69 Å². The average molecular weight is 385 g/mol. The van der Waals surface area contributed by atoms with Crippen LogP contribution in [0.25, 0.3) is 0 Å². The fraction of sp³-hybridized carbons (Fsp3) is 0.333. The minimum Gasteiger partial charge on any atom is -0.507 e. The maximum absolute atomic E-state index is 13.0. The SMILES string of the molecule is Cc1cccc(C(=O)NCCC(=O)N2CCN(c3ccc(F)cc3)CC2)c1O. The fourth-order valence-electron chi connectivity index (χ4n) is 3.24. The van der Waals surface area contributed by atoms with Crippen LogP contribution in [-0.2, 0) is 4.79 Å². The number of hydrogen-bond donors (Lipinski definition) is 2. The Kier molecular flexibility index (Phi) is 6.13. The minimum absolute atomic E-state index is 0.0208. The molecule has 0 atom stereocenters. The van der Waals surface area contributed by atoms with Gasteiger partial charge in [0.1, 0.15) is 11.6 Å². The van der Waals surface area contributed by atoms with Crippen LogP contribution in [0.3, 0.4) is 0 Å². The normalized spacial score (nSPS) is 14.1. The van der Waals surface area contributed by atoms with E-state index in [2.05, 4.69) is 10.2 Å². The largest absolute Gasteiger partial charge is 0.507 e. The molecule has 148 valence electrons. The third-order valence-electron chi connectivity index (χ3n) is 4.93. The number of aryl methyl sites for hydroxylation is 1. The number of piperazine rings is 1. The summed E-state index contributed by atoms with van der Waals surface area (Å²) in [5.41, 5.74) is 1.78. The van der Waals surface area contributed by atoms with E-state index < -0.39 is 5.91 Å². The standard InChI is InChI=1S/C21H24FN3O3/c1-15-3-2-4-18(20(15)27)21(28)23-10-9-19(26)25-13-11-24(12-14-25)17-7-5-16(22)6-8-17/h2-8,27H,9-14H2,1H3,(H,23,28). The molecule has 0 spiro atoms. The second-order valence-electron chi connectivity index (χ2n) is 6.82. The summed E-state index contributed by atoms with van der Waals surface area (Å²) in [5.74, 6) is -0.718. The van der Waals surface area contributed by atoms with Gasteiger partial charge in [0.2, 0.25) is 5.91 Å². The van der Waals surface area contributed by atoms with Gasteiger partial charge in [0.15, 0.2) is 0 Å². The van der Waals surface area contributed by atoms with Crippen molar-refractivity contribution in [1.29, 1.82) is 0 Å². The molecule has 7 heteroatoms. The molecule has 2 amide bonds. The second kappa shape index (κ2) is 8.73. The van der Waals surface area contributed by atoms with Crippen LogP contribution in [0.1, 0.15) is 22.3 Å². The molecule has 0 aliphatic carbocycles. The maximum Gasteiger partial charge on any atom is 0.255 e. The number of benzene rings is 2. The van der Waals surface area contributed by atoms with Crippen molar-refractivity contribution in [2.45, 2.75) is 13.3 Å². The minimum atomic E-state index is -0.393. The molecule has 1 fully saturated rings. The van der Waals surface area contributed by atoms with Gasteiger partial charge in [0, 0.05) is 44.8 Å². The third kappa shape index (κ3) is 4.60. The molecule has 2 aromatic carbocycles. The van der Waals surface area contributed by atoms with Crippen LogP contribution >= 0.6 is 0 Å². The zero-order chi connectivity index (χ0) is 20.1. The number of rotatable bonds is 5. The zero-order valence-corrected chi connectivity index (χ0v) is 15.8. The van der Waals surface area contributed by atoms with Crippen molar-refractivity contribution in [3.63, 3.8) is 0 Å². The molecule has 1 saturated heterocycles. The lowest BCUT2D eigenvalue weighted by atomic mass is 10.1. The van der Waals surface area contributed by atoms with E-state index in [-0.39, 0.29) is 36.0 Å². The summed E-state index contributed by atoms with van der Waals surface area (Å²) in [6, 6.07) is 11.3. The number of nitrogens with zero attached hydrogens (tertiary/aromatic N) is 2. The summed E-state index contributed by atoms with van der Waals surface area (Å²) >= 11 is 0. The fourth-order valence-corrected chi connectivity index (χ4v) is 3.24. The van der Waals surface area contributed by atoms with Gasteiger partial charge in [-0.2, -0.15) is 0 Å². The van der Waals surface area contributed by atoms with Crippen LogP contribution in [-0.4, -0.2) is 54.5 Å². The number of carbonyl (C=O) groups excluding carboxylic acids is 2. The molecule has 0 aromatic heterocycles. The first-order valence-electron chi connectivity index (χ1n) is 9.31. The molecule has 3 rings (SSSR count). The number of amides is 2. The molecule has 0 unspecified atom stereocenters. The Balaban J connectivity index is 1.44. The Labute approximate surface area is 163 Å². The van der Waals surface area contributed by atoms with Crippen LogP contribution in [0.2, 0.25) is 0 Å². The summed E-state index contributed by atoms with van der Waals surface area (Å²) in [6.07, 6.45) is 0.203. The second-order valence-corrected chi connectivity index (χ2v) is 6.82. The van der Waals surface area contributed by atoms with E-state index in [1.807, 2.05) is 0 Å². The molecule has 2 N–H and O–H groups in total. The van der Waals surface area contributed by atoms with Gasteiger partial charge in [-0.15, -0.1) is 0 Å². The van der Waals surface area contributed by atoms with Crippen molar-refractivity contribution in [2.24, 2.45) is 0 Å². The van der Waals surface area contributed by atoms with E-state index in [4.69, 9.17) is 0 Å². The lowest BCUT2D eigenvalue weighted by molar-refractivity contribution is -0.131. The smallest absolute Gasteiger partial charge is 0.255 e. The molecule has 0 radical (unpaired) electrons. The molecular weight excluding hydrogens is 361 g/mol. The van der Waals surface area contributed by atoms with Gasteiger partial charge in [-0.25, -0.2) is 4.39 Å². The van der Waals surface area contributed by atoms with Crippen LogP contribution in [0.5, 0.6) is 5.75 Å². The van der Waals surface area contributed by atoms with Gasteiger partial charge in [0.25, 0.3) is 5.91 Å². The molecular formula is C21H24FN3O3. The number of phenolic OH excluding ortho intramolecular Hbond substituents is 1. The lowest BCUT2D eigenvalue weighted by Crippen LogP contribution is -2.49. The van der Waals surface area contributed by atoms with Crippen molar-refractivity contribution in [3.8, 4) is 5.75 Å². The van der Waals surface area contributed by atoms with Crippen LogP contribution in [0, 0.1) is 12.7 Å². The quantitative estimate of drug-likeness (QED) is 0.829. The maximum atomic E-state index is 13.0. The summed E-state index contributed by atoms with van der Waals surface area (Å²) in [5, 5.41) is 12.6. The highest BCUT2D eigenvalue weighted by Gasteiger charge is 2.21.